The Kier molecular flexibility index (Phi) is 2.47. The molecule has 1 aliphatic carbocycles. The van der Waals surface area contributed by atoms with Gasteiger partial charge in [-0.05, 0) is 12.8 Å². The average molecular weight is 157 g/mol. The lowest BCUT2D eigenvalue weighted by molar-refractivity contribution is -0.567. The number of nitrogens with zero attached hydrogens (tertiary/aromatic N) is 1. The van der Waals surface area contributed by atoms with E-state index in [1.54, 1.807) is 6.92 Å². The highest BCUT2D eigenvalue weighted by Crippen LogP contribution is 2.28. The van der Waals surface area contributed by atoms with Gasteiger partial charge in [0.15, 0.2) is 0 Å². The van der Waals surface area contributed by atoms with E-state index < -0.39 is 5.54 Å². The molecule has 0 spiro atoms. The highest BCUT2D eigenvalue weighted by Gasteiger charge is 2.36. The fraction of sp³-hybridized carbons (Fsp3) is 1.00. The van der Waals surface area contributed by atoms with Gasteiger partial charge in [-0.3, -0.25) is 10.1 Å². The van der Waals surface area contributed by atoms with Crippen LogP contribution in [0.5, 0.6) is 0 Å². The van der Waals surface area contributed by atoms with E-state index in [4.69, 9.17) is 0 Å². The van der Waals surface area contributed by atoms with E-state index >= 15 is 0 Å². The fourth-order valence-electron chi connectivity index (χ4n) is 1.67. The van der Waals surface area contributed by atoms with Gasteiger partial charge in [0.25, 0.3) is 0 Å². The van der Waals surface area contributed by atoms with Crippen LogP contribution in [0, 0.1) is 10.1 Å². The molecule has 0 unspecified atom stereocenters. The molecule has 3 heteroatoms. The van der Waals surface area contributed by atoms with Gasteiger partial charge in [0.1, 0.15) is 0 Å². The van der Waals surface area contributed by atoms with E-state index in [-0.39, 0.29) is 4.92 Å². The van der Waals surface area contributed by atoms with Gasteiger partial charge in [-0.25, -0.2) is 0 Å². The molecule has 11 heavy (non-hydrogen) atoms. The third-order valence-corrected chi connectivity index (χ3v) is 2.62. The molecule has 1 aliphatic rings. The van der Waals surface area contributed by atoms with Crippen LogP contribution in [0.3, 0.4) is 0 Å². The summed E-state index contributed by atoms with van der Waals surface area (Å²) in [4.78, 5) is 10.5. The smallest absolute Gasteiger partial charge is 0.219 e. The van der Waals surface area contributed by atoms with Crippen LogP contribution in [0.4, 0.5) is 0 Å². The molecule has 0 saturated heterocycles. The molecule has 1 saturated carbocycles. The van der Waals surface area contributed by atoms with Gasteiger partial charge in [-0.2, -0.15) is 0 Å². The first kappa shape index (κ1) is 8.50. The molecule has 0 amide bonds. The Morgan fingerprint density at radius 3 is 2.00 bits per heavy atom. The summed E-state index contributed by atoms with van der Waals surface area (Å²) in [5, 5.41) is 10.6. The van der Waals surface area contributed by atoms with Crippen molar-refractivity contribution in [2.45, 2.75) is 51.0 Å². The maximum absolute atomic E-state index is 10.6. The summed E-state index contributed by atoms with van der Waals surface area (Å²) < 4.78 is 0. The normalized spacial score (nSPS) is 24.1. The molecule has 0 aromatic heterocycles. The first-order chi connectivity index (χ1) is 5.15. The lowest BCUT2D eigenvalue weighted by atomic mass is 9.94. The van der Waals surface area contributed by atoms with Gasteiger partial charge in [0.05, 0.1) is 0 Å². The Morgan fingerprint density at radius 2 is 1.64 bits per heavy atom. The molecule has 1 fully saturated rings. The van der Waals surface area contributed by atoms with Crippen LogP contribution in [0.15, 0.2) is 0 Å². The van der Waals surface area contributed by atoms with Gasteiger partial charge in [-0.15, -0.1) is 0 Å². The second-order valence-electron chi connectivity index (χ2n) is 3.67. The van der Waals surface area contributed by atoms with Crippen molar-refractivity contribution in [2.75, 3.05) is 0 Å². The second-order valence-corrected chi connectivity index (χ2v) is 3.67. The lowest BCUT2D eigenvalue weighted by Gasteiger charge is -2.17. The number of hydrogen-bond acceptors (Lipinski definition) is 2. The van der Waals surface area contributed by atoms with Crippen molar-refractivity contribution in [2.24, 2.45) is 0 Å². The highest BCUT2D eigenvalue weighted by molar-refractivity contribution is 4.76. The van der Waals surface area contributed by atoms with Gasteiger partial charge in [-0.1, -0.05) is 12.8 Å². The van der Waals surface area contributed by atoms with Crippen LogP contribution in [0.1, 0.15) is 45.4 Å². The minimum Gasteiger partial charge on any atom is -0.264 e. The summed E-state index contributed by atoms with van der Waals surface area (Å²) >= 11 is 0. The van der Waals surface area contributed by atoms with Crippen LogP contribution in [0.2, 0.25) is 0 Å². The minimum atomic E-state index is -0.615. The zero-order valence-corrected chi connectivity index (χ0v) is 7.01. The molecular weight excluding hydrogens is 142 g/mol. The van der Waals surface area contributed by atoms with Gasteiger partial charge in [0.2, 0.25) is 5.54 Å². The number of nitro groups is 1. The standard InChI is InChI=1S/C8H15NO2/c1-8(9(10)11)6-4-2-3-5-7-8/h2-7H2,1H3. The molecule has 0 aromatic rings. The Bertz CT molecular complexity index is 148. The molecule has 0 radical (unpaired) electrons. The second kappa shape index (κ2) is 3.20. The molecule has 0 aromatic carbocycles. The minimum absolute atomic E-state index is 0.0989. The SMILES string of the molecule is CC1([N+](=O)[O-])CCCCCC1. The predicted octanol–water partition coefficient (Wildman–Crippen LogP) is 2.38. The molecule has 0 bridgehead atoms. The van der Waals surface area contributed by atoms with Crippen LogP contribution in [-0.2, 0) is 0 Å². The molecule has 0 heterocycles. The fourth-order valence-corrected chi connectivity index (χ4v) is 1.67. The molecule has 0 N–H and O–H groups in total. The molecule has 1 rings (SSSR count). The maximum atomic E-state index is 10.6. The van der Waals surface area contributed by atoms with E-state index in [0.29, 0.717) is 0 Å². The van der Waals surface area contributed by atoms with E-state index in [2.05, 4.69) is 0 Å². The summed E-state index contributed by atoms with van der Waals surface area (Å²) in [7, 11) is 0. The number of hydrogen-bond donors (Lipinski definition) is 0. The molecular formula is C8H15NO2. The summed E-state index contributed by atoms with van der Waals surface area (Å²) in [6.07, 6.45) is 5.92. The zero-order valence-electron chi connectivity index (χ0n) is 7.01. The van der Waals surface area contributed by atoms with Gasteiger partial charge < -0.3 is 0 Å². The Morgan fingerprint density at radius 1 is 1.18 bits per heavy atom. The topological polar surface area (TPSA) is 43.1 Å². The van der Waals surface area contributed by atoms with E-state index in [1.165, 1.54) is 12.8 Å². The lowest BCUT2D eigenvalue weighted by Crippen LogP contribution is -2.33. The Hall–Kier alpha value is -0.600. The summed E-state index contributed by atoms with van der Waals surface area (Å²) in [5.74, 6) is 0. The van der Waals surface area contributed by atoms with Crippen molar-refractivity contribution >= 4 is 0 Å². The highest BCUT2D eigenvalue weighted by atomic mass is 16.6. The monoisotopic (exact) mass is 157 g/mol. The van der Waals surface area contributed by atoms with Crippen LogP contribution in [0.25, 0.3) is 0 Å². The van der Waals surface area contributed by atoms with Crippen LogP contribution in [-0.4, -0.2) is 10.5 Å². The summed E-state index contributed by atoms with van der Waals surface area (Å²) in [6, 6.07) is 0. The van der Waals surface area contributed by atoms with Crippen molar-refractivity contribution < 1.29 is 4.92 Å². The zero-order chi connectivity index (χ0) is 8.32. The quantitative estimate of drug-likeness (QED) is 0.333. The molecule has 64 valence electrons. The molecule has 0 atom stereocenters. The number of rotatable bonds is 1. The third kappa shape index (κ3) is 1.91. The van der Waals surface area contributed by atoms with Crippen LogP contribution >= 0.6 is 0 Å². The first-order valence-electron chi connectivity index (χ1n) is 4.30. The largest absolute Gasteiger partial charge is 0.264 e. The van der Waals surface area contributed by atoms with Gasteiger partial charge in [0, 0.05) is 24.7 Å². The predicted molar refractivity (Wildman–Crippen MR) is 43.1 cm³/mol. The third-order valence-electron chi connectivity index (χ3n) is 2.62. The summed E-state index contributed by atoms with van der Waals surface area (Å²) in [6.45, 7) is 1.78. The van der Waals surface area contributed by atoms with Crippen molar-refractivity contribution in [1.29, 1.82) is 0 Å². The van der Waals surface area contributed by atoms with Crippen molar-refractivity contribution in [3.8, 4) is 0 Å². The average Bonchev–Trinajstić information content (AvgIpc) is 2.15. The Labute approximate surface area is 66.9 Å². The van der Waals surface area contributed by atoms with Crippen molar-refractivity contribution in [3.63, 3.8) is 0 Å². The Balaban J connectivity index is 2.59. The van der Waals surface area contributed by atoms with Crippen molar-refractivity contribution in [1.82, 2.24) is 0 Å². The van der Waals surface area contributed by atoms with E-state index in [1.807, 2.05) is 0 Å². The van der Waals surface area contributed by atoms with E-state index in [9.17, 15) is 10.1 Å². The molecule has 3 nitrogen and oxygen atoms in total. The van der Waals surface area contributed by atoms with Crippen molar-refractivity contribution in [3.05, 3.63) is 10.1 Å². The summed E-state index contributed by atoms with van der Waals surface area (Å²) in [5.41, 5.74) is -0.615. The van der Waals surface area contributed by atoms with Gasteiger partial charge >= 0.3 is 0 Å². The van der Waals surface area contributed by atoms with Crippen LogP contribution < -0.4 is 0 Å². The van der Waals surface area contributed by atoms with E-state index in [0.717, 1.165) is 25.7 Å². The maximum Gasteiger partial charge on any atom is 0.219 e. The molecule has 0 aliphatic heterocycles. The first-order valence-corrected chi connectivity index (χ1v) is 4.30.